The lowest BCUT2D eigenvalue weighted by atomic mass is 10.2. The first kappa shape index (κ1) is 10.9. The van der Waals surface area contributed by atoms with Gasteiger partial charge in [0.05, 0.1) is 4.92 Å². The summed E-state index contributed by atoms with van der Waals surface area (Å²) in [4.78, 5) is 10.0. The molecule has 0 saturated carbocycles. The van der Waals surface area contributed by atoms with Crippen LogP contribution in [0.3, 0.4) is 0 Å². The molecule has 0 aliphatic heterocycles. The van der Waals surface area contributed by atoms with Crippen molar-refractivity contribution in [1.29, 1.82) is 0 Å². The maximum Gasteiger partial charge on any atom is 0.271 e. The zero-order valence-electron chi connectivity index (χ0n) is 6.46. The van der Waals surface area contributed by atoms with Crippen molar-refractivity contribution in [1.82, 2.24) is 0 Å². The monoisotopic (exact) mass is 356 g/mol. The van der Waals surface area contributed by atoms with E-state index in [1.54, 1.807) is 0 Å². The highest BCUT2D eigenvalue weighted by Crippen LogP contribution is 2.27. The quantitative estimate of drug-likeness (QED) is 0.502. The number of rotatable bonds is 2. The van der Waals surface area contributed by atoms with Gasteiger partial charge in [0.25, 0.3) is 5.69 Å². The molecule has 13 heavy (non-hydrogen) atoms. The molecular formula is C7H6BrIN2O2. The molecule has 0 aromatic heterocycles. The fourth-order valence-electron chi connectivity index (χ4n) is 0.890. The predicted octanol–water partition coefficient (Wildman–Crippen LogP) is 2.42. The molecule has 2 N–H and O–H groups in total. The van der Waals surface area contributed by atoms with Gasteiger partial charge in [-0.2, -0.15) is 0 Å². The Hall–Kier alpha value is -0.210. The lowest BCUT2D eigenvalue weighted by Crippen LogP contribution is -2.01. The highest BCUT2D eigenvalue weighted by atomic mass is 127. The number of nitrogens with two attached hydrogens (primary N) is 1. The van der Waals surface area contributed by atoms with Gasteiger partial charge in [-0.15, -0.1) is 0 Å². The van der Waals surface area contributed by atoms with Gasteiger partial charge in [0.15, 0.2) is 0 Å². The summed E-state index contributed by atoms with van der Waals surface area (Å²) in [6.45, 7) is 0.372. The smallest absolute Gasteiger partial charge is 0.271 e. The molecule has 0 atom stereocenters. The van der Waals surface area contributed by atoms with Crippen LogP contribution in [0.2, 0.25) is 0 Å². The van der Waals surface area contributed by atoms with Crippen molar-refractivity contribution in [2.45, 2.75) is 6.54 Å². The van der Waals surface area contributed by atoms with E-state index in [1.165, 1.54) is 12.1 Å². The lowest BCUT2D eigenvalue weighted by Gasteiger charge is -2.03. The van der Waals surface area contributed by atoms with Gasteiger partial charge in [0.1, 0.15) is 0 Å². The molecule has 0 heterocycles. The van der Waals surface area contributed by atoms with Crippen LogP contribution >= 0.6 is 38.5 Å². The molecule has 0 amide bonds. The van der Waals surface area contributed by atoms with E-state index in [2.05, 4.69) is 15.9 Å². The van der Waals surface area contributed by atoms with Crippen LogP contribution in [0.4, 0.5) is 5.69 Å². The van der Waals surface area contributed by atoms with E-state index in [-0.39, 0.29) is 5.69 Å². The zero-order valence-corrected chi connectivity index (χ0v) is 10.2. The molecule has 1 rings (SSSR count). The predicted molar refractivity (Wildman–Crippen MR) is 61.4 cm³/mol. The summed E-state index contributed by atoms with van der Waals surface area (Å²) in [7, 11) is 0. The normalized spacial score (nSPS) is 10.1. The third-order valence-electron chi connectivity index (χ3n) is 1.54. The molecule has 4 nitrogen and oxygen atoms in total. The van der Waals surface area contributed by atoms with E-state index in [0.29, 0.717) is 11.0 Å². The molecule has 0 radical (unpaired) electrons. The third kappa shape index (κ3) is 2.38. The minimum absolute atomic E-state index is 0.0773. The van der Waals surface area contributed by atoms with Crippen LogP contribution < -0.4 is 5.73 Å². The van der Waals surface area contributed by atoms with Gasteiger partial charge in [-0.05, 0) is 28.2 Å². The molecule has 1 aromatic rings. The molecule has 0 saturated heterocycles. The van der Waals surface area contributed by atoms with Gasteiger partial charge in [-0.3, -0.25) is 10.1 Å². The van der Waals surface area contributed by atoms with Gasteiger partial charge in [0, 0.05) is 26.7 Å². The standard InChI is InChI=1S/C7H6BrIN2O2/c8-6-1-4(11(12)13)2-7(9)5(6)3-10/h1-2H,3,10H2. The van der Waals surface area contributed by atoms with Gasteiger partial charge >= 0.3 is 0 Å². The number of hydrogen-bond acceptors (Lipinski definition) is 3. The lowest BCUT2D eigenvalue weighted by molar-refractivity contribution is -0.385. The molecule has 0 fully saturated rings. The van der Waals surface area contributed by atoms with E-state index < -0.39 is 4.92 Å². The minimum Gasteiger partial charge on any atom is -0.326 e. The molecular weight excluding hydrogens is 351 g/mol. The third-order valence-corrected chi connectivity index (χ3v) is 3.21. The van der Waals surface area contributed by atoms with Crippen LogP contribution in [0.25, 0.3) is 0 Å². The fourth-order valence-corrected chi connectivity index (χ4v) is 2.70. The van der Waals surface area contributed by atoms with Crippen molar-refractivity contribution in [3.8, 4) is 0 Å². The summed E-state index contributed by atoms with van der Waals surface area (Å²) in [5.41, 5.74) is 6.44. The van der Waals surface area contributed by atoms with Crippen molar-refractivity contribution in [2.24, 2.45) is 5.73 Å². The Morgan fingerprint density at radius 1 is 1.62 bits per heavy atom. The largest absolute Gasteiger partial charge is 0.326 e. The molecule has 0 aliphatic rings. The van der Waals surface area contributed by atoms with E-state index in [0.717, 1.165) is 9.13 Å². The van der Waals surface area contributed by atoms with Crippen molar-refractivity contribution in [2.75, 3.05) is 0 Å². The summed E-state index contributed by atoms with van der Waals surface area (Å²) >= 11 is 5.27. The first-order valence-electron chi connectivity index (χ1n) is 3.38. The van der Waals surface area contributed by atoms with Gasteiger partial charge in [-0.25, -0.2) is 0 Å². The Balaban J connectivity index is 3.28. The van der Waals surface area contributed by atoms with Crippen LogP contribution in [-0.4, -0.2) is 4.92 Å². The van der Waals surface area contributed by atoms with Crippen LogP contribution in [0.5, 0.6) is 0 Å². The SMILES string of the molecule is NCc1c(Br)cc([N+](=O)[O-])cc1I. The maximum absolute atomic E-state index is 10.5. The number of nitrogens with zero attached hydrogens (tertiary/aromatic N) is 1. The number of halogens is 2. The molecule has 0 spiro atoms. The average Bonchev–Trinajstić information content (AvgIpc) is 2.03. The maximum atomic E-state index is 10.5. The van der Waals surface area contributed by atoms with Crippen molar-refractivity contribution in [3.63, 3.8) is 0 Å². The number of benzene rings is 1. The van der Waals surface area contributed by atoms with Gasteiger partial charge in [0.2, 0.25) is 0 Å². The second kappa shape index (κ2) is 4.34. The highest BCUT2D eigenvalue weighted by Gasteiger charge is 2.12. The molecule has 0 aliphatic carbocycles. The van der Waals surface area contributed by atoms with Gasteiger partial charge < -0.3 is 5.73 Å². The molecule has 6 heteroatoms. The van der Waals surface area contributed by atoms with Crippen molar-refractivity contribution >= 4 is 44.2 Å². The molecule has 70 valence electrons. The van der Waals surface area contributed by atoms with E-state index in [1.807, 2.05) is 22.6 Å². The van der Waals surface area contributed by atoms with Crippen LogP contribution in [0, 0.1) is 13.7 Å². The van der Waals surface area contributed by atoms with Crippen LogP contribution in [0.1, 0.15) is 5.56 Å². The molecule has 1 aromatic carbocycles. The topological polar surface area (TPSA) is 69.2 Å². The Bertz CT molecular complexity index is 333. The number of hydrogen-bond donors (Lipinski definition) is 1. The average molecular weight is 357 g/mol. The second-order valence-electron chi connectivity index (χ2n) is 2.35. The van der Waals surface area contributed by atoms with E-state index in [4.69, 9.17) is 5.73 Å². The van der Waals surface area contributed by atoms with Crippen molar-refractivity contribution < 1.29 is 4.92 Å². The number of nitro benzene ring substituents is 1. The Morgan fingerprint density at radius 3 is 2.62 bits per heavy atom. The Labute approximate surface area is 96.9 Å². The van der Waals surface area contributed by atoms with Crippen LogP contribution in [-0.2, 0) is 6.54 Å². The van der Waals surface area contributed by atoms with Gasteiger partial charge in [-0.1, -0.05) is 15.9 Å². The first-order valence-corrected chi connectivity index (χ1v) is 5.25. The number of nitro groups is 1. The van der Waals surface area contributed by atoms with Crippen molar-refractivity contribution in [3.05, 3.63) is 35.9 Å². The van der Waals surface area contributed by atoms with E-state index in [9.17, 15) is 10.1 Å². The Morgan fingerprint density at radius 2 is 2.23 bits per heavy atom. The summed E-state index contributed by atoms with van der Waals surface area (Å²) in [5.74, 6) is 0. The fraction of sp³-hybridized carbons (Fsp3) is 0.143. The highest BCUT2D eigenvalue weighted by molar-refractivity contribution is 14.1. The summed E-state index contributed by atoms with van der Waals surface area (Å²) in [6, 6.07) is 2.97. The van der Waals surface area contributed by atoms with E-state index >= 15 is 0 Å². The summed E-state index contributed by atoms with van der Waals surface area (Å²) < 4.78 is 1.50. The molecule has 0 bridgehead atoms. The minimum atomic E-state index is -0.423. The first-order chi connectivity index (χ1) is 6.06. The molecule has 0 unspecified atom stereocenters. The Kier molecular flexibility index (Phi) is 3.63. The summed E-state index contributed by atoms with van der Waals surface area (Å²) in [5, 5.41) is 10.5. The van der Waals surface area contributed by atoms with Crippen LogP contribution in [0.15, 0.2) is 16.6 Å². The second-order valence-corrected chi connectivity index (χ2v) is 4.37. The summed E-state index contributed by atoms with van der Waals surface area (Å²) in [6.07, 6.45) is 0. The number of non-ortho nitro benzene ring substituents is 1. The zero-order chi connectivity index (χ0) is 10.0.